The molecule has 0 spiro atoms. The van der Waals surface area contributed by atoms with Crippen molar-refractivity contribution in [2.75, 3.05) is 16.8 Å². The van der Waals surface area contributed by atoms with Gasteiger partial charge in [-0.15, -0.1) is 0 Å². The molecule has 7 nitrogen and oxygen atoms in total. The molecular weight excluding hydrogens is 272 g/mol. The van der Waals surface area contributed by atoms with Crippen molar-refractivity contribution in [1.29, 1.82) is 0 Å². The molecule has 7 heteroatoms. The Morgan fingerprint density at radius 1 is 1.43 bits per heavy atom. The van der Waals surface area contributed by atoms with Gasteiger partial charge in [0.25, 0.3) is 5.91 Å². The molecule has 1 aliphatic heterocycles. The van der Waals surface area contributed by atoms with Crippen LogP contribution < -0.4 is 21.5 Å². The van der Waals surface area contributed by atoms with Crippen LogP contribution in [-0.2, 0) is 11.3 Å². The van der Waals surface area contributed by atoms with E-state index in [1.807, 2.05) is 34.6 Å². The van der Waals surface area contributed by atoms with E-state index in [1.165, 1.54) is 6.26 Å². The lowest BCUT2D eigenvalue weighted by Gasteiger charge is -2.30. The average Bonchev–Trinajstić information content (AvgIpc) is 2.95. The molecule has 4 N–H and O–H groups in total. The average molecular weight is 286 g/mol. The van der Waals surface area contributed by atoms with Crippen LogP contribution in [0.5, 0.6) is 0 Å². The summed E-state index contributed by atoms with van der Waals surface area (Å²) >= 11 is 0. The van der Waals surface area contributed by atoms with Gasteiger partial charge in [-0.2, -0.15) is 0 Å². The number of carbonyl (C=O) groups is 2. The van der Waals surface area contributed by atoms with E-state index in [0.29, 0.717) is 17.9 Å². The normalized spacial score (nSPS) is 13.6. The third-order valence-corrected chi connectivity index (χ3v) is 3.25. The van der Waals surface area contributed by atoms with E-state index in [9.17, 15) is 9.59 Å². The van der Waals surface area contributed by atoms with Crippen LogP contribution in [0.15, 0.2) is 41.0 Å². The minimum absolute atomic E-state index is 0.0832. The zero-order chi connectivity index (χ0) is 14.8. The van der Waals surface area contributed by atoms with E-state index < -0.39 is 5.91 Å². The van der Waals surface area contributed by atoms with Gasteiger partial charge >= 0.3 is 0 Å². The number of nitrogen functional groups attached to an aromatic ring is 1. The molecule has 2 aromatic rings. The van der Waals surface area contributed by atoms with Gasteiger partial charge in [0.2, 0.25) is 5.91 Å². The summed E-state index contributed by atoms with van der Waals surface area (Å²) in [6.07, 6.45) is 1.34. The molecule has 0 radical (unpaired) electrons. The molecule has 21 heavy (non-hydrogen) atoms. The van der Waals surface area contributed by atoms with Gasteiger partial charge in [-0.1, -0.05) is 12.1 Å². The number of hydrogen-bond donors (Lipinski definition) is 3. The van der Waals surface area contributed by atoms with Crippen LogP contribution in [0, 0.1) is 0 Å². The molecule has 1 aromatic carbocycles. The molecule has 0 bridgehead atoms. The van der Waals surface area contributed by atoms with Gasteiger partial charge in [0, 0.05) is 0 Å². The van der Waals surface area contributed by atoms with E-state index in [2.05, 4.69) is 5.32 Å². The number of furan rings is 1. The van der Waals surface area contributed by atoms with E-state index >= 15 is 0 Å². The molecule has 0 fully saturated rings. The van der Waals surface area contributed by atoms with Crippen LogP contribution in [0.1, 0.15) is 16.1 Å². The van der Waals surface area contributed by atoms with Crippen molar-refractivity contribution in [3.8, 4) is 0 Å². The Kier molecular flexibility index (Phi) is 3.33. The van der Waals surface area contributed by atoms with E-state index in [-0.39, 0.29) is 12.5 Å². The van der Waals surface area contributed by atoms with Gasteiger partial charge in [-0.25, -0.2) is 5.84 Å². The number of rotatable bonds is 3. The second kappa shape index (κ2) is 5.29. The molecule has 1 aliphatic rings. The zero-order valence-corrected chi connectivity index (χ0v) is 11.1. The van der Waals surface area contributed by atoms with Crippen molar-refractivity contribution in [3.05, 3.63) is 47.9 Å². The highest BCUT2D eigenvalue weighted by atomic mass is 16.3. The Morgan fingerprint density at radius 2 is 2.24 bits per heavy atom. The summed E-state index contributed by atoms with van der Waals surface area (Å²) in [5.74, 6) is 5.16. The predicted molar refractivity (Wildman–Crippen MR) is 76.5 cm³/mol. The van der Waals surface area contributed by atoms with Crippen molar-refractivity contribution in [2.45, 2.75) is 6.54 Å². The maximum atomic E-state index is 11.7. The number of amides is 2. The van der Waals surface area contributed by atoms with Gasteiger partial charge in [0.05, 0.1) is 30.0 Å². The van der Waals surface area contributed by atoms with Crippen LogP contribution in [-0.4, -0.2) is 18.4 Å². The molecule has 0 aliphatic carbocycles. The second-order valence-corrected chi connectivity index (χ2v) is 4.70. The Morgan fingerprint density at radius 3 is 3.05 bits per heavy atom. The van der Waals surface area contributed by atoms with Crippen LogP contribution in [0.25, 0.3) is 0 Å². The summed E-state index contributed by atoms with van der Waals surface area (Å²) < 4.78 is 5.35. The van der Waals surface area contributed by atoms with E-state index in [1.54, 1.807) is 6.07 Å². The Bertz CT molecular complexity index is 695. The minimum Gasteiger partial charge on any atom is -0.467 e. The highest BCUT2D eigenvalue weighted by Crippen LogP contribution is 2.30. The fourth-order valence-corrected chi connectivity index (χ4v) is 2.30. The monoisotopic (exact) mass is 286 g/mol. The van der Waals surface area contributed by atoms with Gasteiger partial charge in [-0.05, 0) is 18.2 Å². The first-order chi connectivity index (χ1) is 10.2. The van der Waals surface area contributed by atoms with Crippen LogP contribution >= 0.6 is 0 Å². The Hall–Kier alpha value is -2.80. The maximum absolute atomic E-state index is 11.7. The molecule has 0 unspecified atom stereocenters. The first-order valence-electron chi connectivity index (χ1n) is 6.39. The standard InChI is InChI=1S/C14H14N4O3/c15-17-14(20)9-5-10(21-8-9)6-18-7-13(19)16-11-3-1-2-4-12(11)18/h1-5,8H,6-7,15H2,(H,16,19)(H,17,20). The number of carbonyl (C=O) groups excluding carboxylic acids is 2. The van der Waals surface area contributed by atoms with E-state index in [4.69, 9.17) is 10.3 Å². The number of nitrogens with one attached hydrogen (secondary N) is 2. The summed E-state index contributed by atoms with van der Waals surface area (Å²) in [4.78, 5) is 25.0. The maximum Gasteiger partial charge on any atom is 0.268 e. The van der Waals surface area contributed by atoms with Crippen LogP contribution in [0.3, 0.4) is 0 Å². The summed E-state index contributed by atoms with van der Waals surface area (Å²) in [6, 6.07) is 9.13. The molecule has 3 rings (SSSR count). The first-order valence-corrected chi connectivity index (χ1v) is 6.39. The quantitative estimate of drug-likeness (QED) is 0.441. The molecule has 2 amide bonds. The molecular formula is C14H14N4O3. The lowest BCUT2D eigenvalue weighted by atomic mass is 10.2. The van der Waals surface area contributed by atoms with Crippen LogP contribution in [0.4, 0.5) is 11.4 Å². The highest BCUT2D eigenvalue weighted by molar-refractivity contribution is 6.01. The molecule has 2 heterocycles. The summed E-state index contributed by atoms with van der Waals surface area (Å²) in [7, 11) is 0. The van der Waals surface area contributed by atoms with Gasteiger partial charge in [0.1, 0.15) is 12.0 Å². The van der Waals surface area contributed by atoms with Crippen molar-refractivity contribution < 1.29 is 14.0 Å². The van der Waals surface area contributed by atoms with Gasteiger partial charge < -0.3 is 14.6 Å². The van der Waals surface area contributed by atoms with Crippen molar-refractivity contribution in [1.82, 2.24) is 5.43 Å². The van der Waals surface area contributed by atoms with Crippen molar-refractivity contribution >= 4 is 23.2 Å². The van der Waals surface area contributed by atoms with E-state index in [0.717, 1.165) is 11.4 Å². The van der Waals surface area contributed by atoms with Crippen molar-refractivity contribution in [2.24, 2.45) is 5.84 Å². The number of anilines is 2. The fourth-order valence-electron chi connectivity index (χ4n) is 2.30. The third-order valence-electron chi connectivity index (χ3n) is 3.25. The number of fused-ring (bicyclic) bond motifs is 1. The first kappa shape index (κ1) is 13.2. The molecule has 0 saturated heterocycles. The Labute approximate surface area is 120 Å². The SMILES string of the molecule is NNC(=O)c1coc(CN2CC(=O)Nc3ccccc32)c1. The number of hydrogen-bond acceptors (Lipinski definition) is 5. The summed E-state index contributed by atoms with van der Waals surface area (Å²) in [6.45, 7) is 0.623. The minimum atomic E-state index is -0.415. The number of benzene rings is 1. The van der Waals surface area contributed by atoms with Crippen molar-refractivity contribution in [3.63, 3.8) is 0 Å². The highest BCUT2D eigenvalue weighted by Gasteiger charge is 2.22. The molecule has 1 aromatic heterocycles. The molecule has 108 valence electrons. The lowest BCUT2D eigenvalue weighted by Crippen LogP contribution is -2.37. The summed E-state index contributed by atoms with van der Waals surface area (Å²) in [5.41, 5.74) is 4.07. The summed E-state index contributed by atoms with van der Waals surface area (Å²) in [5, 5.41) is 2.82. The zero-order valence-electron chi connectivity index (χ0n) is 11.1. The number of nitrogens with two attached hydrogens (primary N) is 1. The second-order valence-electron chi connectivity index (χ2n) is 4.70. The lowest BCUT2D eigenvalue weighted by molar-refractivity contribution is -0.115. The van der Waals surface area contributed by atoms with Crippen LogP contribution in [0.2, 0.25) is 0 Å². The number of para-hydroxylation sites is 2. The molecule has 0 atom stereocenters. The third kappa shape index (κ3) is 2.59. The molecule has 0 saturated carbocycles. The topological polar surface area (TPSA) is 101 Å². The smallest absolute Gasteiger partial charge is 0.268 e. The van der Waals surface area contributed by atoms with Gasteiger partial charge in [-0.3, -0.25) is 15.0 Å². The Balaban J connectivity index is 1.83. The largest absolute Gasteiger partial charge is 0.467 e. The fraction of sp³-hybridized carbons (Fsp3) is 0.143. The van der Waals surface area contributed by atoms with Gasteiger partial charge in [0.15, 0.2) is 0 Å². The number of hydrazine groups is 1. The predicted octanol–water partition coefficient (Wildman–Crippen LogP) is 0.842. The number of nitrogens with zero attached hydrogens (tertiary/aromatic N) is 1.